The first-order chi connectivity index (χ1) is 18.0. The fourth-order valence-electron chi connectivity index (χ4n) is 9.66. The molecule has 3 heteroatoms. The number of unbranched alkanes of at least 4 members (excludes halogenated alkanes) is 1. The van der Waals surface area contributed by atoms with Crippen molar-refractivity contribution in [1.82, 2.24) is 0 Å². The van der Waals surface area contributed by atoms with E-state index in [-0.39, 0.29) is 28.2 Å². The van der Waals surface area contributed by atoms with Crippen LogP contribution in [0.25, 0.3) is 0 Å². The number of esters is 1. The maximum atomic E-state index is 13.0. The molecule has 1 aromatic carbocycles. The van der Waals surface area contributed by atoms with Crippen molar-refractivity contribution in [1.29, 1.82) is 0 Å². The first kappa shape index (κ1) is 27.5. The van der Waals surface area contributed by atoms with E-state index in [2.05, 4.69) is 47.6 Å². The fourth-order valence-corrected chi connectivity index (χ4v) is 9.66. The molecular formula is C35H50O3. The van der Waals surface area contributed by atoms with Gasteiger partial charge < -0.3 is 9.84 Å². The fraction of sp³-hybridized carbons (Fsp3) is 0.686. The van der Waals surface area contributed by atoms with Gasteiger partial charge in [0.05, 0.1) is 0 Å². The van der Waals surface area contributed by atoms with E-state index in [1.807, 2.05) is 5.57 Å². The van der Waals surface area contributed by atoms with Gasteiger partial charge in [-0.25, -0.2) is 4.79 Å². The Hall–Kier alpha value is -2.03. The van der Waals surface area contributed by atoms with Gasteiger partial charge in [-0.3, -0.25) is 0 Å². The molecule has 0 saturated heterocycles. The van der Waals surface area contributed by atoms with E-state index in [1.165, 1.54) is 63.4 Å². The Bertz CT molecular complexity index is 1120. The van der Waals surface area contributed by atoms with Crippen LogP contribution in [0.4, 0.5) is 0 Å². The summed E-state index contributed by atoms with van der Waals surface area (Å²) in [4.78, 5) is 13.0. The molecule has 0 radical (unpaired) electrons. The van der Waals surface area contributed by atoms with Crippen LogP contribution in [0.1, 0.15) is 123 Å². The molecule has 0 aromatic heterocycles. The van der Waals surface area contributed by atoms with Gasteiger partial charge in [-0.1, -0.05) is 62.6 Å². The third kappa shape index (κ3) is 4.56. The number of carbonyl (C=O) groups is 1. The minimum Gasteiger partial charge on any atom is -0.507 e. The third-order valence-corrected chi connectivity index (χ3v) is 11.8. The largest absolute Gasteiger partial charge is 0.507 e. The zero-order chi connectivity index (χ0) is 27.3. The molecular weight excluding hydrogens is 468 g/mol. The first-order valence-corrected chi connectivity index (χ1v) is 15.3. The molecule has 0 bridgehead atoms. The van der Waals surface area contributed by atoms with Gasteiger partial charge in [-0.05, 0) is 125 Å². The van der Waals surface area contributed by atoms with Crippen molar-refractivity contribution in [2.45, 2.75) is 118 Å². The highest BCUT2D eigenvalue weighted by atomic mass is 16.5. The van der Waals surface area contributed by atoms with Gasteiger partial charge in [0.15, 0.2) is 0 Å². The van der Waals surface area contributed by atoms with Gasteiger partial charge in [0.25, 0.3) is 0 Å². The monoisotopic (exact) mass is 518 g/mol. The summed E-state index contributed by atoms with van der Waals surface area (Å²) >= 11 is 0. The minimum absolute atomic E-state index is 0.000447. The van der Waals surface area contributed by atoms with E-state index in [9.17, 15) is 9.90 Å². The van der Waals surface area contributed by atoms with Crippen LogP contribution < -0.4 is 0 Å². The van der Waals surface area contributed by atoms with Crippen molar-refractivity contribution in [2.24, 2.45) is 34.0 Å². The second-order valence-electron chi connectivity index (χ2n) is 14.3. The summed E-state index contributed by atoms with van der Waals surface area (Å²) in [6.07, 6.45) is 16.0. The maximum absolute atomic E-state index is 13.0. The Morgan fingerprint density at radius 1 is 1.03 bits per heavy atom. The standard InChI is InChI=1S/C35H50O3/c1-23(2)11-7-8-12-24-15-17-27-25-16-18-30-33(3,4)31(38-32(37)26-13-9-10-14-29(26)36)20-22-35(30,6)28(25)19-21-34(24,27)5/h9-11,13-14,24,27,30-31,36H,7-8,12,15-22H2,1-6H3. The van der Waals surface area contributed by atoms with Crippen molar-refractivity contribution in [3.8, 4) is 5.75 Å². The number of fused-ring (bicyclic) bond motifs is 4. The second-order valence-corrected chi connectivity index (χ2v) is 14.3. The molecule has 6 unspecified atom stereocenters. The van der Waals surface area contributed by atoms with Gasteiger partial charge >= 0.3 is 5.97 Å². The number of ether oxygens (including phenoxy) is 1. The minimum atomic E-state index is -0.393. The number of benzene rings is 1. The topological polar surface area (TPSA) is 46.5 Å². The Morgan fingerprint density at radius 3 is 2.53 bits per heavy atom. The number of phenolic OH excluding ortho intramolecular Hbond substituents is 1. The molecule has 5 rings (SSSR count). The molecule has 2 fully saturated rings. The van der Waals surface area contributed by atoms with Crippen LogP contribution in [0.2, 0.25) is 0 Å². The number of aromatic hydroxyl groups is 1. The maximum Gasteiger partial charge on any atom is 0.342 e. The number of rotatable bonds is 6. The zero-order valence-corrected chi connectivity index (χ0v) is 24.7. The Morgan fingerprint density at radius 2 is 1.79 bits per heavy atom. The lowest BCUT2D eigenvalue weighted by molar-refractivity contribution is -0.101. The summed E-state index contributed by atoms with van der Waals surface area (Å²) in [5, 5.41) is 10.2. The second kappa shape index (κ2) is 10.2. The summed E-state index contributed by atoms with van der Waals surface area (Å²) in [5.41, 5.74) is 5.93. The summed E-state index contributed by atoms with van der Waals surface area (Å²) in [7, 11) is 0. The average molecular weight is 519 g/mol. The van der Waals surface area contributed by atoms with Crippen molar-refractivity contribution >= 4 is 5.97 Å². The molecule has 1 N–H and O–H groups in total. The van der Waals surface area contributed by atoms with E-state index >= 15 is 0 Å². The smallest absolute Gasteiger partial charge is 0.342 e. The van der Waals surface area contributed by atoms with Crippen LogP contribution in [0.15, 0.2) is 47.1 Å². The van der Waals surface area contributed by atoms with Crippen molar-refractivity contribution in [2.75, 3.05) is 0 Å². The molecule has 6 atom stereocenters. The molecule has 3 nitrogen and oxygen atoms in total. The lowest BCUT2D eigenvalue weighted by atomic mass is 9.46. The number of phenols is 1. The predicted octanol–water partition coefficient (Wildman–Crippen LogP) is 9.41. The molecule has 38 heavy (non-hydrogen) atoms. The molecule has 0 amide bonds. The molecule has 0 heterocycles. The zero-order valence-electron chi connectivity index (χ0n) is 24.7. The number of para-hydroxylation sites is 1. The van der Waals surface area contributed by atoms with E-state index < -0.39 is 5.97 Å². The molecule has 2 saturated carbocycles. The summed E-state index contributed by atoms with van der Waals surface area (Å²) in [5.74, 6) is 1.77. The van der Waals surface area contributed by atoms with Gasteiger partial charge in [0.1, 0.15) is 17.4 Å². The number of allylic oxidation sites excluding steroid dienone is 4. The highest BCUT2D eigenvalue weighted by molar-refractivity contribution is 5.92. The molecule has 1 aromatic rings. The van der Waals surface area contributed by atoms with Crippen molar-refractivity contribution in [3.63, 3.8) is 0 Å². The van der Waals surface area contributed by atoms with E-state index in [0.717, 1.165) is 24.7 Å². The Balaban J connectivity index is 1.33. The van der Waals surface area contributed by atoms with Crippen molar-refractivity contribution in [3.05, 3.63) is 52.6 Å². The van der Waals surface area contributed by atoms with E-state index in [0.29, 0.717) is 11.3 Å². The van der Waals surface area contributed by atoms with Gasteiger partial charge in [0.2, 0.25) is 0 Å². The van der Waals surface area contributed by atoms with E-state index in [4.69, 9.17) is 4.74 Å². The lowest BCUT2D eigenvalue weighted by Gasteiger charge is -2.60. The highest BCUT2D eigenvalue weighted by Gasteiger charge is 2.59. The van der Waals surface area contributed by atoms with Crippen LogP contribution in [0, 0.1) is 34.0 Å². The summed E-state index contributed by atoms with van der Waals surface area (Å²) in [6, 6.07) is 6.73. The third-order valence-electron chi connectivity index (χ3n) is 11.8. The quantitative estimate of drug-likeness (QED) is 0.232. The number of hydrogen-bond acceptors (Lipinski definition) is 3. The van der Waals surface area contributed by atoms with Crippen LogP contribution >= 0.6 is 0 Å². The van der Waals surface area contributed by atoms with Crippen LogP contribution in [-0.4, -0.2) is 17.2 Å². The lowest BCUT2D eigenvalue weighted by Crippen LogP contribution is -2.54. The average Bonchev–Trinajstić information content (AvgIpc) is 3.20. The van der Waals surface area contributed by atoms with Crippen molar-refractivity contribution < 1.29 is 14.6 Å². The molecule has 4 aliphatic rings. The van der Waals surface area contributed by atoms with Crippen LogP contribution in [0.3, 0.4) is 0 Å². The Kier molecular flexibility index (Phi) is 7.37. The van der Waals surface area contributed by atoms with Gasteiger partial charge in [0, 0.05) is 5.41 Å². The molecule has 4 aliphatic carbocycles. The predicted molar refractivity (Wildman–Crippen MR) is 155 cm³/mol. The first-order valence-electron chi connectivity index (χ1n) is 15.3. The number of carbonyl (C=O) groups excluding carboxylic acids is 1. The highest BCUT2D eigenvalue weighted by Crippen LogP contribution is 2.67. The summed E-state index contributed by atoms with van der Waals surface area (Å²) < 4.78 is 6.15. The van der Waals surface area contributed by atoms with E-state index in [1.54, 1.807) is 29.8 Å². The normalized spacial score (nSPS) is 35.6. The number of hydrogen-bond donors (Lipinski definition) is 1. The van der Waals surface area contributed by atoms with Gasteiger partial charge in [-0.15, -0.1) is 0 Å². The van der Waals surface area contributed by atoms with Gasteiger partial charge in [-0.2, -0.15) is 0 Å². The molecule has 0 aliphatic heterocycles. The summed E-state index contributed by atoms with van der Waals surface area (Å²) in [6.45, 7) is 14.3. The molecule has 208 valence electrons. The SMILES string of the molecule is CC(C)=CCCCC1CCC2C3=C(CCC12C)C1(C)CCC(OC(=O)c2ccccc2O)C(C)(C)C1CC3. The molecule has 0 spiro atoms. The Labute approximate surface area is 231 Å². The van der Waals surface area contributed by atoms with Crippen LogP contribution in [-0.2, 0) is 4.74 Å². The van der Waals surface area contributed by atoms with Crippen LogP contribution in [0.5, 0.6) is 5.75 Å².